The van der Waals surface area contributed by atoms with Gasteiger partial charge in [-0.05, 0) is 37.8 Å². The van der Waals surface area contributed by atoms with Crippen LogP contribution in [0, 0.1) is 0 Å². The van der Waals surface area contributed by atoms with E-state index < -0.39 is 41.2 Å². The molecule has 0 saturated carbocycles. The van der Waals surface area contributed by atoms with E-state index in [-0.39, 0.29) is 23.6 Å². The highest BCUT2D eigenvalue weighted by Gasteiger charge is 2.51. The first-order valence-corrected chi connectivity index (χ1v) is 8.99. The summed E-state index contributed by atoms with van der Waals surface area (Å²) in [6.45, 7) is 0. The van der Waals surface area contributed by atoms with Crippen LogP contribution in [0.5, 0.6) is 0 Å². The van der Waals surface area contributed by atoms with E-state index in [2.05, 4.69) is 0 Å². The molecule has 0 bridgehead atoms. The molecule has 3 aliphatic heterocycles. The van der Waals surface area contributed by atoms with Crippen LogP contribution in [0.3, 0.4) is 0 Å². The van der Waals surface area contributed by atoms with Crippen LogP contribution in [-0.4, -0.2) is 62.1 Å². The van der Waals surface area contributed by atoms with Gasteiger partial charge in [0.15, 0.2) is 0 Å². The highest BCUT2D eigenvalue weighted by atomic mass is 35.5. The Kier molecular flexibility index (Phi) is 3.99. The highest BCUT2D eigenvalue weighted by molar-refractivity contribution is 6.24. The van der Waals surface area contributed by atoms with Crippen LogP contribution in [0.25, 0.3) is 0 Å². The average molecular weight is 377 g/mol. The number of hydrogen-bond donors (Lipinski definition) is 1. The fourth-order valence-corrected chi connectivity index (χ4v) is 4.68. The Labute approximate surface area is 154 Å². The van der Waals surface area contributed by atoms with Crippen molar-refractivity contribution in [1.29, 1.82) is 0 Å². The molecule has 3 amide bonds. The van der Waals surface area contributed by atoms with Gasteiger partial charge in [0.05, 0.1) is 11.1 Å². The van der Waals surface area contributed by atoms with E-state index in [0.717, 1.165) is 4.90 Å². The smallest absolute Gasteiger partial charge is 0.326 e. The quantitative estimate of drug-likeness (QED) is 0.623. The predicted molar refractivity (Wildman–Crippen MR) is 90.9 cm³/mol. The van der Waals surface area contributed by atoms with Crippen molar-refractivity contribution in [3.63, 3.8) is 0 Å². The van der Waals surface area contributed by atoms with Gasteiger partial charge in [0.25, 0.3) is 11.8 Å². The lowest BCUT2D eigenvalue weighted by molar-refractivity contribution is -0.150. The van der Waals surface area contributed by atoms with Crippen molar-refractivity contribution < 1.29 is 24.3 Å². The third kappa shape index (κ3) is 2.41. The van der Waals surface area contributed by atoms with Crippen molar-refractivity contribution in [2.45, 2.75) is 49.2 Å². The monoisotopic (exact) mass is 376 g/mol. The number of rotatable bonds is 2. The summed E-state index contributed by atoms with van der Waals surface area (Å²) >= 11 is 6.38. The van der Waals surface area contributed by atoms with Gasteiger partial charge in [-0.3, -0.25) is 19.3 Å². The molecule has 4 rings (SSSR count). The van der Waals surface area contributed by atoms with Gasteiger partial charge < -0.3 is 10.0 Å². The second-order valence-electron chi connectivity index (χ2n) is 6.94. The molecule has 3 aliphatic rings. The molecule has 1 aromatic carbocycles. The second-order valence-corrected chi connectivity index (χ2v) is 7.56. The first-order valence-electron chi connectivity index (χ1n) is 8.56. The number of alkyl halides is 1. The summed E-state index contributed by atoms with van der Waals surface area (Å²) in [6.07, 6.45) is 1.49. The summed E-state index contributed by atoms with van der Waals surface area (Å²) in [4.78, 5) is 52.5. The lowest BCUT2D eigenvalue weighted by Crippen LogP contribution is -2.54. The standard InChI is InChI=1S/C18H17ClN2O5/c19-9-7-10-5-6-13(18(25)26)20(10)17(24)14(8-9)21-15(22)11-3-1-2-4-12(11)16(21)23/h1-4,9-10,13-14H,5-8H2,(H,25,26)/t9-,10+,13-,14-/m0/s1. The molecule has 0 unspecified atom stereocenters. The number of amides is 3. The molecule has 0 aromatic heterocycles. The maximum atomic E-state index is 13.2. The van der Waals surface area contributed by atoms with Gasteiger partial charge in [-0.25, -0.2) is 4.79 Å². The molecule has 0 spiro atoms. The Morgan fingerprint density at radius 2 is 1.65 bits per heavy atom. The molecule has 26 heavy (non-hydrogen) atoms. The second kappa shape index (κ2) is 6.09. The van der Waals surface area contributed by atoms with Crippen molar-refractivity contribution in [3.8, 4) is 0 Å². The maximum Gasteiger partial charge on any atom is 0.326 e. The van der Waals surface area contributed by atoms with E-state index in [9.17, 15) is 24.3 Å². The van der Waals surface area contributed by atoms with Gasteiger partial charge in [0.2, 0.25) is 5.91 Å². The maximum absolute atomic E-state index is 13.2. The number of aliphatic carboxylic acids is 1. The number of carboxylic acid groups (broad SMARTS) is 1. The van der Waals surface area contributed by atoms with E-state index in [1.54, 1.807) is 24.3 Å². The minimum absolute atomic E-state index is 0.130. The van der Waals surface area contributed by atoms with E-state index in [1.165, 1.54) is 4.90 Å². The van der Waals surface area contributed by atoms with Crippen molar-refractivity contribution in [3.05, 3.63) is 35.4 Å². The lowest BCUT2D eigenvalue weighted by atomic mass is 10.0. The minimum Gasteiger partial charge on any atom is -0.480 e. The summed E-state index contributed by atoms with van der Waals surface area (Å²) < 4.78 is 0. The predicted octanol–water partition coefficient (Wildman–Crippen LogP) is 1.50. The molecule has 136 valence electrons. The van der Waals surface area contributed by atoms with Crippen LogP contribution in [0.15, 0.2) is 24.3 Å². The van der Waals surface area contributed by atoms with Crippen LogP contribution in [0.4, 0.5) is 0 Å². The largest absolute Gasteiger partial charge is 0.480 e. The fraction of sp³-hybridized carbons (Fsp3) is 0.444. The summed E-state index contributed by atoms with van der Waals surface area (Å²) in [5.74, 6) is -2.64. The SMILES string of the molecule is O=C(O)[C@@H]1CC[C@@H]2C[C@H](Cl)C[C@H](N3C(=O)c4ccccc4C3=O)C(=O)N21. The van der Waals surface area contributed by atoms with Crippen LogP contribution in [0.2, 0.25) is 0 Å². The summed E-state index contributed by atoms with van der Waals surface area (Å²) in [6, 6.07) is 4.13. The van der Waals surface area contributed by atoms with Gasteiger partial charge in [-0.2, -0.15) is 0 Å². The number of hydrogen-bond acceptors (Lipinski definition) is 4. The minimum atomic E-state index is -1.07. The Balaban J connectivity index is 1.72. The molecular formula is C18H17ClN2O5. The number of nitrogens with zero attached hydrogens (tertiary/aromatic N) is 2. The first kappa shape index (κ1) is 17.0. The molecule has 3 heterocycles. The third-order valence-electron chi connectivity index (χ3n) is 5.47. The zero-order valence-electron chi connectivity index (χ0n) is 13.8. The zero-order chi connectivity index (χ0) is 18.6. The fourth-order valence-electron chi connectivity index (χ4n) is 4.30. The molecule has 0 radical (unpaired) electrons. The topological polar surface area (TPSA) is 95.0 Å². The van der Waals surface area contributed by atoms with E-state index in [1.807, 2.05) is 0 Å². The van der Waals surface area contributed by atoms with E-state index in [0.29, 0.717) is 19.3 Å². The Hall–Kier alpha value is -2.41. The van der Waals surface area contributed by atoms with Crippen molar-refractivity contribution >= 4 is 35.3 Å². The number of halogens is 1. The lowest BCUT2D eigenvalue weighted by Gasteiger charge is -2.31. The zero-order valence-corrected chi connectivity index (χ0v) is 14.6. The molecule has 2 saturated heterocycles. The van der Waals surface area contributed by atoms with Crippen molar-refractivity contribution in [2.75, 3.05) is 0 Å². The number of imide groups is 1. The normalized spacial score (nSPS) is 31.0. The molecule has 1 N–H and O–H groups in total. The van der Waals surface area contributed by atoms with Crippen LogP contribution < -0.4 is 0 Å². The Morgan fingerprint density at radius 3 is 2.23 bits per heavy atom. The molecular weight excluding hydrogens is 360 g/mol. The van der Waals surface area contributed by atoms with Gasteiger partial charge in [0, 0.05) is 11.4 Å². The number of carbonyl (C=O) groups is 4. The van der Waals surface area contributed by atoms with E-state index >= 15 is 0 Å². The van der Waals surface area contributed by atoms with Crippen LogP contribution in [-0.2, 0) is 9.59 Å². The number of carbonyl (C=O) groups excluding carboxylic acids is 3. The highest BCUT2D eigenvalue weighted by Crippen LogP contribution is 2.37. The Bertz CT molecular complexity index is 791. The number of benzene rings is 1. The van der Waals surface area contributed by atoms with E-state index in [4.69, 9.17) is 11.6 Å². The Morgan fingerprint density at radius 1 is 1.04 bits per heavy atom. The van der Waals surface area contributed by atoms with Gasteiger partial charge >= 0.3 is 5.97 Å². The summed E-state index contributed by atoms with van der Waals surface area (Å²) in [5.41, 5.74) is 0.516. The molecule has 1 aromatic rings. The van der Waals surface area contributed by atoms with Crippen LogP contribution in [0.1, 0.15) is 46.4 Å². The van der Waals surface area contributed by atoms with Crippen molar-refractivity contribution in [1.82, 2.24) is 9.80 Å². The molecule has 8 heteroatoms. The van der Waals surface area contributed by atoms with Gasteiger partial charge in [-0.15, -0.1) is 11.6 Å². The number of carboxylic acids is 1. The van der Waals surface area contributed by atoms with Crippen LogP contribution >= 0.6 is 11.6 Å². The molecule has 0 aliphatic carbocycles. The van der Waals surface area contributed by atoms with Crippen molar-refractivity contribution in [2.24, 2.45) is 0 Å². The summed E-state index contributed by atoms with van der Waals surface area (Å²) in [5, 5.41) is 9.03. The molecule has 7 nitrogen and oxygen atoms in total. The van der Waals surface area contributed by atoms with Gasteiger partial charge in [-0.1, -0.05) is 12.1 Å². The molecule has 2 fully saturated rings. The first-order chi connectivity index (χ1) is 12.4. The molecule has 4 atom stereocenters. The summed E-state index contributed by atoms with van der Waals surface area (Å²) in [7, 11) is 0. The third-order valence-corrected chi connectivity index (χ3v) is 5.83. The average Bonchev–Trinajstić information content (AvgIpc) is 3.09. The van der Waals surface area contributed by atoms with Gasteiger partial charge in [0.1, 0.15) is 12.1 Å². The number of fused-ring (bicyclic) bond motifs is 2.